The molecule has 4 heteroatoms. The van der Waals surface area contributed by atoms with Gasteiger partial charge in [0.05, 0.1) is 0 Å². The lowest BCUT2D eigenvalue weighted by molar-refractivity contribution is 0.405. The standard InChI is InChI=1S/C18H38.C2H6.HO3P/c1-3-5-7-9-11-13-15-17-18-16-14-12-10-8-6-4-2;1-2;1-4(2)3/h3-18H2,1-2H3;1-2H3;(H-,1,2,3)/p+1. The van der Waals surface area contributed by atoms with Gasteiger partial charge < -0.3 is 0 Å². The van der Waals surface area contributed by atoms with Gasteiger partial charge in [0.25, 0.3) is 0 Å². The molecule has 0 atom stereocenters. The summed E-state index contributed by atoms with van der Waals surface area (Å²) in [5.41, 5.74) is 0. The van der Waals surface area contributed by atoms with Crippen LogP contribution in [0.3, 0.4) is 0 Å². The topological polar surface area (TPSA) is 57.5 Å². The summed E-state index contributed by atoms with van der Waals surface area (Å²) in [5.74, 6) is 0. The smallest absolute Gasteiger partial charge is 0.134 e. The van der Waals surface area contributed by atoms with E-state index in [1.165, 1.54) is 103 Å². The maximum atomic E-state index is 8.70. The first-order valence-corrected chi connectivity index (χ1v) is 11.7. The molecular weight excluding hydrogens is 319 g/mol. The summed E-state index contributed by atoms with van der Waals surface area (Å²) < 4.78 is 8.70. The molecule has 0 radical (unpaired) electrons. The summed E-state index contributed by atoms with van der Waals surface area (Å²) in [7, 11) is -2.87. The molecule has 24 heavy (non-hydrogen) atoms. The fraction of sp³-hybridized carbons (Fsp3) is 1.00. The molecule has 0 aromatic heterocycles. The molecule has 0 unspecified atom stereocenters. The summed E-state index contributed by atoms with van der Waals surface area (Å²) in [6, 6.07) is 0. The summed E-state index contributed by atoms with van der Waals surface area (Å²) >= 11 is 0. The Morgan fingerprint density at radius 2 is 0.625 bits per heavy atom. The van der Waals surface area contributed by atoms with Gasteiger partial charge in [-0.1, -0.05) is 130 Å². The largest absolute Gasteiger partial charge is 0.692 e. The summed E-state index contributed by atoms with van der Waals surface area (Å²) in [6.45, 7) is 8.59. The van der Waals surface area contributed by atoms with E-state index in [4.69, 9.17) is 14.4 Å². The molecule has 0 aromatic rings. The van der Waals surface area contributed by atoms with E-state index in [-0.39, 0.29) is 0 Å². The predicted octanol–water partition coefficient (Wildman–Crippen LogP) is 7.92. The van der Waals surface area contributed by atoms with Crippen LogP contribution in [0.2, 0.25) is 0 Å². The van der Waals surface area contributed by atoms with E-state index < -0.39 is 8.25 Å². The molecule has 0 bridgehead atoms. The molecule has 0 amide bonds. The average molecular weight is 366 g/mol. The van der Waals surface area contributed by atoms with E-state index >= 15 is 0 Å². The Kier molecular flexibility index (Phi) is 37.0. The van der Waals surface area contributed by atoms with Crippen molar-refractivity contribution in [1.29, 1.82) is 0 Å². The normalized spacial score (nSPS) is 9.58. The van der Waals surface area contributed by atoms with Crippen LogP contribution in [0, 0.1) is 0 Å². The lowest BCUT2D eigenvalue weighted by Gasteiger charge is -2.03. The Bertz CT molecular complexity index is 191. The molecular formula is C20H46O3P+. The van der Waals surface area contributed by atoms with Gasteiger partial charge in [-0.3, -0.25) is 0 Å². The van der Waals surface area contributed by atoms with Crippen LogP contribution in [0.5, 0.6) is 0 Å². The summed E-state index contributed by atoms with van der Waals surface area (Å²) in [5, 5.41) is 0. The van der Waals surface area contributed by atoms with Crippen molar-refractivity contribution in [3.05, 3.63) is 0 Å². The zero-order valence-electron chi connectivity index (χ0n) is 17.1. The van der Waals surface area contributed by atoms with Gasteiger partial charge in [0.2, 0.25) is 0 Å². The lowest BCUT2D eigenvalue weighted by atomic mass is 10.0. The molecule has 3 nitrogen and oxygen atoms in total. The van der Waals surface area contributed by atoms with Crippen molar-refractivity contribution in [2.45, 2.75) is 130 Å². The molecule has 2 N–H and O–H groups in total. The van der Waals surface area contributed by atoms with E-state index in [2.05, 4.69) is 13.8 Å². The quantitative estimate of drug-likeness (QED) is 0.229. The Balaban J connectivity index is -0.000000636. The third kappa shape index (κ3) is 43.1. The van der Waals surface area contributed by atoms with E-state index in [0.717, 1.165) is 0 Å². The van der Waals surface area contributed by atoms with Crippen molar-refractivity contribution >= 4 is 8.25 Å². The van der Waals surface area contributed by atoms with Crippen LogP contribution in [0.4, 0.5) is 0 Å². The highest BCUT2D eigenvalue weighted by Gasteiger charge is 1.94. The number of rotatable bonds is 15. The highest BCUT2D eigenvalue weighted by Crippen LogP contribution is 2.13. The molecule has 0 aliphatic heterocycles. The van der Waals surface area contributed by atoms with Crippen molar-refractivity contribution in [2.75, 3.05) is 0 Å². The van der Waals surface area contributed by atoms with Gasteiger partial charge in [-0.25, -0.2) is 0 Å². The van der Waals surface area contributed by atoms with Crippen molar-refractivity contribution in [2.24, 2.45) is 0 Å². The number of hydrogen-bond acceptors (Lipinski definition) is 1. The van der Waals surface area contributed by atoms with Crippen LogP contribution < -0.4 is 0 Å². The third-order valence-corrected chi connectivity index (χ3v) is 3.96. The van der Waals surface area contributed by atoms with Crippen LogP contribution in [0.15, 0.2) is 0 Å². The highest BCUT2D eigenvalue weighted by molar-refractivity contribution is 7.30. The van der Waals surface area contributed by atoms with Crippen molar-refractivity contribution in [3.63, 3.8) is 0 Å². The van der Waals surface area contributed by atoms with Crippen LogP contribution >= 0.6 is 8.25 Å². The van der Waals surface area contributed by atoms with E-state index in [0.29, 0.717) is 0 Å². The Hall–Kier alpha value is 0.0200. The summed E-state index contributed by atoms with van der Waals surface area (Å²) in [4.78, 5) is 14.2. The van der Waals surface area contributed by atoms with Gasteiger partial charge in [0.15, 0.2) is 0 Å². The van der Waals surface area contributed by atoms with Crippen LogP contribution in [-0.2, 0) is 4.57 Å². The maximum Gasteiger partial charge on any atom is 0.692 e. The molecule has 0 rings (SSSR count). The summed E-state index contributed by atoms with van der Waals surface area (Å²) in [6.07, 6.45) is 23.4. The molecule has 0 fully saturated rings. The van der Waals surface area contributed by atoms with E-state index in [1.807, 2.05) is 13.8 Å². The predicted molar refractivity (Wildman–Crippen MR) is 109 cm³/mol. The van der Waals surface area contributed by atoms with Crippen LogP contribution in [-0.4, -0.2) is 9.79 Å². The lowest BCUT2D eigenvalue weighted by Crippen LogP contribution is -1.83. The Labute approximate surface area is 153 Å². The van der Waals surface area contributed by atoms with Gasteiger partial charge in [0.1, 0.15) is 0 Å². The zero-order valence-corrected chi connectivity index (χ0v) is 18.0. The van der Waals surface area contributed by atoms with Gasteiger partial charge in [-0.05, 0) is 0 Å². The fourth-order valence-corrected chi connectivity index (χ4v) is 2.62. The molecule has 0 spiro atoms. The first-order chi connectivity index (χ1) is 11.6. The molecule has 0 aromatic carbocycles. The van der Waals surface area contributed by atoms with Crippen molar-refractivity contribution < 1.29 is 14.4 Å². The van der Waals surface area contributed by atoms with Gasteiger partial charge in [-0.15, -0.1) is 9.79 Å². The third-order valence-electron chi connectivity index (χ3n) is 3.96. The Morgan fingerprint density at radius 1 is 0.500 bits per heavy atom. The average Bonchev–Trinajstić information content (AvgIpc) is 2.56. The first kappa shape index (κ1) is 28.8. The van der Waals surface area contributed by atoms with E-state index in [9.17, 15) is 0 Å². The van der Waals surface area contributed by atoms with Crippen molar-refractivity contribution in [3.8, 4) is 0 Å². The minimum Gasteiger partial charge on any atom is -0.134 e. The SMILES string of the molecule is CC.CCCCCCCCCCCCCCCCCC.O=[P+](O)O. The molecule has 0 saturated heterocycles. The number of unbranched alkanes of at least 4 members (excludes halogenated alkanes) is 15. The van der Waals surface area contributed by atoms with E-state index in [1.54, 1.807) is 0 Å². The van der Waals surface area contributed by atoms with Gasteiger partial charge in [-0.2, -0.15) is 0 Å². The van der Waals surface area contributed by atoms with Crippen molar-refractivity contribution in [1.82, 2.24) is 0 Å². The second kappa shape index (κ2) is 30.9. The minimum atomic E-state index is -2.87. The molecule has 0 aliphatic rings. The second-order valence-corrected chi connectivity index (χ2v) is 6.71. The molecule has 0 heterocycles. The number of hydrogen-bond donors (Lipinski definition) is 2. The van der Waals surface area contributed by atoms with Gasteiger partial charge in [0, 0.05) is 4.57 Å². The van der Waals surface area contributed by atoms with Crippen LogP contribution in [0.25, 0.3) is 0 Å². The van der Waals surface area contributed by atoms with Crippen LogP contribution in [0.1, 0.15) is 130 Å². The zero-order chi connectivity index (χ0) is 18.9. The fourth-order valence-electron chi connectivity index (χ4n) is 2.62. The van der Waals surface area contributed by atoms with Gasteiger partial charge >= 0.3 is 8.25 Å². The Morgan fingerprint density at radius 3 is 0.750 bits per heavy atom. The first-order valence-electron chi connectivity index (χ1n) is 10.5. The molecule has 0 aliphatic carbocycles. The molecule has 148 valence electrons. The monoisotopic (exact) mass is 365 g/mol. The maximum absolute atomic E-state index is 8.70. The second-order valence-electron chi connectivity index (χ2n) is 6.20. The minimum absolute atomic E-state index is 1.37. The highest BCUT2D eigenvalue weighted by atomic mass is 31.1. The molecule has 0 saturated carbocycles.